The van der Waals surface area contributed by atoms with Gasteiger partial charge in [-0.3, -0.25) is 10.1 Å². The van der Waals surface area contributed by atoms with Crippen molar-refractivity contribution < 1.29 is 19.1 Å². The Bertz CT molecular complexity index is 859. The fourth-order valence-corrected chi connectivity index (χ4v) is 3.30. The number of nitrogens with zero attached hydrogens (tertiary/aromatic N) is 1. The molecule has 9 heteroatoms. The smallest absolute Gasteiger partial charge is 0.351 e. The highest BCUT2D eigenvalue weighted by Gasteiger charge is 2.21. The molecule has 0 aromatic carbocycles. The molecule has 3 amide bonds. The predicted molar refractivity (Wildman–Crippen MR) is 95.5 cm³/mol. The minimum Gasteiger partial charge on any atom is -0.451 e. The number of nitrogen functional groups attached to an aromatic ring is 1. The van der Waals surface area contributed by atoms with E-state index in [0.29, 0.717) is 10.2 Å². The van der Waals surface area contributed by atoms with Crippen LogP contribution >= 0.6 is 11.3 Å². The highest BCUT2D eigenvalue weighted by molar-refractivity contribution is 7.21. The molecule has 2 heterocycles. The van der Waals surface area contributed by atoms with Crippen molar-refractivity contribution in [2.24, 2.45) is 0 Å². The highest BCUT2D eigenvalue weighted by atomic mass is 32.1. The molecular weight excluding hydrogens is 344 g/mol. The fourth-order valence-electron chi connectivity index (χ4n) is 2.19. The molecule has 0 spiro atoms. The Morgan fingerprint density at radius 2 is 2.12 bits per heavy atom. The third-order valence-electron chi connectivity index (χ3n) is 3.20. The number of fused-ring (bicyclic) bond motifs is 1. The zero-order valence-electron chi connectivity index (χ0n) is 13.8. The summed E-state index contributed by atoms with van der Waals surface area (Å²) in [6.07, 6.45) is 1.46. The van der Waals surface area contributed by atoms with Gasteiger partial charge in [0.05, 0.1) is 5.69 Å². The average molecular weight is 362 g/mol. The van der Waals surface area contributed by atoms with Crippen LogP contribution < -0.4 is 16.4 Å². The first-order valence-electron chi connectivity index (χ1n) is 7.35. The van der Waals surface area contributed by atoms with Crippen LogP contribution in [0.4, 0.5) is 10.5 Å². The van der Waals surface area contributed by atoms with Crippen molar-refractivity contribution in [3.05, 3.63) is 34.9 Å². The van der Waals surface area contributed by atoms with E-state index in [4.69, 9.17) is 10.5 Å². The van der Waals surface area contributed by atoms with Crippen LogP contribution in [0.2, 0.25) is 0 Å². The number of aryl methyl sites for hydroxylation is 2. The van der Waals surface area contributed by atoms with Crippen molar-refractivity contribution >= 4 is 45.1 Å². The van der Waals surface area contributed by atoms with Crippen LogP contribution in [0.3, 0.4) is 0 Å². The van der Waals surface area contributed by atoms with Crippen molar-refractivity contribution in [1.29, 1.82) is 0 Å². The molecule has 0 aliphatic rings. The number of rotatable bonds is 5. The van der Waals surface area contributed by atoms with Crippen molar-refractivity contribution in [2.45, 2.75) is 13.8 Å². The topological polar surface area (TPSA) is 123 Å². The van der Waals surface area contributed by atoms with E-state index in [2.05, 4.69) is 16.9 Å². The lowest BCUT2D eigenvalue weighted by Crippen LogP contribution is -2.41. The van der Waals surface area contributed by atoms with Gasteiger partial charge in [-0.2, -0.15) is 0 Å². The van der Waals surface area contributed by atoms with Gasteiger partial charge >= 0.3 is 12.0 Å². The quantitative estimate of drug-likeness (QED) is 0.549. The number of esters is 1. The number of thiophene rings is 1. The number of amides is 3. The average Bonchev–Trinajstić information content (AvgIpc) is 2.87. The Labute approximate surface area is 148 Å². The van der Waals surface area contributed by atoms with Gasteiger partial charge in [0.2, 0.25) is 0 Å². The summed E-state index contributed by atoms with van der Waals surface area (Å²) in [7, 11) is 0. The maximum absolute atomic E-state index is 12.2. The summed E-state index contributed by atoms with van der Waals surface area (Å²) >= 11 is 1.10. The molecule has 0 saturated carbocycles. The van der Waals surface area contributed by atoms with E-state index in [0.717, 1.165) is 22.6 Å². The Morgan fingerprint density at radius 1 is 1.40 bits per heavy atom. The molecular formula is C16H18N4O4S. The summed E-state index contributed by atoms with van der Waals surface area (Å²) in [5, 5.41) is 5.09. The van der Waals surface area contributed by atoms with Gasteiger partial charge in [-0.15, -0.1) is 17.9 Å². The van der Waals surface area contributed by atoms with E-state index >= 15 is 0 Å². The normalized spacial score (nSPS) is 10.3. The molecule has 4 N–H and O–H groups in total. The SMILES string of the molecule is C=CCNC(=O)NC(=O)COC(=O)c1sc2nc(C)cc(C)c2c1N. The summed E-state index contributed by atoms with van der Waals surface area (Å²) in [5.41, 5.74) is 8.03. The number of carbonyl (C=O) groups excluding carboxylic acids is 3. The molecule has 0 radical (unpaired) electrons. The molecule has 8 nitrogen and oxygen atoms in total. The number of carbonyl (C=O) groups is 3. The Kier molecular flexibility index (Phi) is 5.71. The van der Waals surface area contributed by atoms with Gasteiger partial charge in [-0.05, 0) is 25.5 Å². The number of hydrogen-bond donors (Lipinski definition) is 3. The van der Waals surface area contributed by atoms with Gasteiger partial charge in [-0.1, -0.05) is 6.08 Å². The number of nitrogens with one attached hydrogen (secondary N) is 2. The maximum atomic E-state index is 12.2. The molecule has 0 atom stereocenters. The van der Waals surface area contributed by atoms with Crippen LogP contribution in [0.1, 0.15) is 20.9 Å². The van der Waals surface area contributed by atoms with Gasteiger partial charge in [0.15, 0.2) is 6.61 Å². The maximum Gasteiger partial charge on any atom is 0.351 e. The number of anilines is 1. The van der Waals surface area contributed by atoms with Crippen LogP contribution in [-0.4, -0.2) is 36.0 Å². The van der Waals surface area contributed by atoms with Crippen molar-refractivity contribution in [3.63, 3.8) is 0 Å². The monoisotopic (exact) mass is 362 g/mol. The van der Waals surface area contributed by atoms with E-state index < -0.39 is 24.5 Å². The third kappa shape index (κ3) is 4.32. The number of ether oxygens (including phenoxy) is 1. The molecule has 2 rings (SSSR count). The molecule has 132 valence electrons. The zero-order chi connectivity index (χ0) is 18.6. The number of aromatic nitrogens is 1. The second-order valence-electron chi connectivity index (χ2n) is 5.23. The third-order valence-corrected chi connectivity index (χ3v) is 4.28. The molecule has 0 aliphatic heterocycles. The van der Waals surface area contributed by atoms with E-state index in [1.54, 1.807) is 0 Å². The van der Waals surface area contributed by atoms with E-state index in [9.17, 15) is 14.4 Å². The largest absolute Gasteiger partial charge is 0.451 e. The minimum absolute atomic E-state index is 0.181. The number of imide groups is 1. The summed E-state index contributed by atoms with van der Waals surface area (Å²) in [5.74, 6) is -1.49. The first-order valence-corrected chi connectivity index (χ1v) is 8.17. The lowest BCUT2D eigenvalue weighted by molar-refractivity contribution is -0.123. The van der Waals surface area contributed by atoms with Crippen molar-refractivity contribution in [3.8, 4) is 0 Å². The number of nitrogens with two attached hydrogens (primary N) is 1. The van der Waals surface area contributed by atoms with Crippen LogP contribution in [-0.2, 0) is 9.53 Å². The van der Waals surface area contributed by atoms with Crippen LogP contribution in [0.5, 0.6) is 0 Å². The summed E-state index contributed by atoms with van der Waals surface area (Å²) in [6, 6.07) is 1.17. The molecule has 0 fully saturated rings. The van der Waals surface area contributed by atoms with Gasteiger partial charge < -0.3 is 15.8 Å². The molecule has 0 unspecified atom stereocenters. The first kappa shape index (κ1) is 18.4. The van der Waals surface area contributed by atoms with E-state index in [1.807, 2.05) is 25.2 Å². The van der Waals surface area contributed by atoms with Crippen LogP contribution in [0.25, 0.3) is 10.2 Å². The van der Waals surface area contributed by atoms with Crippen molar-refractivity contribution in [2.75, 3.05) is 18.9 Å². The first-order chi connectivity index (χ1) is 11.8. The standard InChI is InChI=1S/C16H18N4O4S/c1-4-5-18-16(23)20-10(21)7-24-15(22)13-12(17)11-8(2)6-9(3)19-14(11)25-13/h4,6H,1,5,7,17H2,2-3H3,(H2,18,20,21,23). The van der Waals surface area contributed by atoms with Gasteiger partial charge in [0.1, 0.15) is 9.71 Å². The van der Waals surface area contributed by atoms with Crippen LogP contribution in [0.15, 0.2) is 18.7 Å². The summed E-state index contributed by atoms with van der Waals surface area (Å²) in [6.45, 7) is 6.77. The lowest BCUT2D eigenvalue weighted by Gasteiger charge is -2.06. The van der Waals surface area contributed by atoms with Crippen LogP contribution in [0, 0.1) is 13.8 Å². The Morgan fingerprint density at radius 3 is 2.80 bits per heavy atom. The zero-order valence-corrected chi connectivity index (χ0v) is 14.7. The van der Waals surface area contributed by atoms with Gasteiger partial charge in [0.25, 0.3) is 5.91 Å². The molecule has 2 aromatic rings. The Balaban J connectivity index is 2.04. The molecule has 2 aromatic heterocycles. The van der Waals surface area contributed by atoms with Gasteiger partial charge in [-0.25, -0.2) is 14.6 Å². The second kappa shape index (κ2) is 7.75. The molecule has 0 bridgehead atoms. The summed E-state index contributed by atoms with van der Waals surface area (Å²) in [4.78, 5) is 40.3. The molecule has 0 aliphatic carbocycles. The molecule has 25 heavy (non-hydrogen) atoms. The van der Waals surface area contributed by atoms with E-state index in [1.165, 1.54) is 6.08 Å². The van der Waals surface area contributed by atoms with E-state index in [-0.39, 0.29) is 17.1 Å². The van der Waals surface area contributed by atoms with Crippen molar-refractivity contribution in [1.82, 2.24) is 15.6 Å². The Hall–Kier alpha value is -2.94. The summed E-state index contributed by atoms with van der Waals surface area (Å²) < 4.78 is 4.93. The highest BCUT2D eigenvalue weighted by Crippen LogP contribution is 2.35. The number of hydrogen-bond acceptors (Lipinski definition) is 7. The second-order valence-corrected chi connectivity index (χ2v) is 6.23. The van der Waals surface area contributed by atoms with Gasteiger partial charge in [0, 0.05) is 17.6 Å². The molecule has 0 saturated heterocycles. The number of urea groups is 1. The minimum atomic E-state index is -0.750. The number of pyridine rings is 1. The lowest BCUT2D eigenvalue weighted by atomic mass is 10.1. The predicted octanol–water partition coefficient (Wildman–Crippen LogP) is 1.66. The fraction of sp³-hybridized carbons (Fsp3) is 0.250.